The number of aromatic nitrogens is 5. The SMILES string of the molecule is CC1CC1c1nc(-c2ncn3c2c(=O)n(CC2CCCO2)c2ccccc23)no1. The van der Waals surface area contributed by atoms with Gasteiger partial charge in [-0.15, -0.1) is 0 Å². The summed E-state index contributed by atoms with van der Waals surface area (Å²) in [5.74, 6) is 1.89. The Balaban J connectivity index is 1.55. The summed E-state index contributed by atoms with van der Waals surface area (Å²) >= 11 is 0. The molecule has 2 fully saturated rings. The molecule has 29 heavy (non-hydrogen) atoms. The van der Waals surface area contributed by atoms with Crippen LogP contribution in [0.2, 0.25) is 0 Å². The summed E-state index contributed by atoms with van der Waals surface area (Å²) < 4.78 is 14.9. The molecule has 2 aliphatic rings. The van der Waals surface area contributed by atoms with Crippen LogP contribution in [-0.4, -0.2) is 36.8 Å². The minimum atomic E-state index is -0.113. The van der Waals surface area contributed by atoms with Crippen molar-refractivity contribution in [3.63, 3.8) is 0 Å². The van der Waals surface area contributed by atoms with Crippen molar-refractivity contribution in [1.29, 1.82) is 0 Å². The van der Waals surface area contributed by atoms with E-state index in [1.54, 1.807) is 10.9 Å². The number of hydrogen-bond donors (Lipinski definition) is 0. The zero-order valence-corrected chi connectivity index (χ0v) is 16.1. The van der Waals surface area contributed by atoms with Gasteiger partial charge in [0, 0.05) is 12.5 Å². The van der Waals surface area contributed by atoms with Gasteiger partial charge < -0.3 is 13.8 Å². The molecule has 3 aromatic heterocycles. The normalized spacial score (nSPS) is 24.0. The van der Waals surface area contributed by atoms with Crippen molar-refractivity contribution in [2.24, 2.45) is 5.92 Å². The van der Waals surface area contributed by atoms with Gasteiger partial charge in [0.05, 0.1) is 23.7 Å². The molecule has 1 saturated carbocycles. The Morgan fingerprint density at radius 1 is 1.24 bits per heavy atom. The van der Waals surface area contributed by atoms with Crippen LogP contribution in [0.4, 0.5) is 0 Å². The van der Waals surface area contributed by atoms with Crippen LogP contribution in [0.5, 0.6) is 0 Å². The van der Waals surface area contributed by atoms with Crippen LogP contribution in [-0.2, 0) is 11.3 Å². The van der Waals surface area contributed by atoms with Gasteiger partial charge in [-0.1, -0.05) is 24.2 Å². The fourth-order valence-corrected chi connectivity index (χ4v) is 4.35. The third-order valence-corrected chi connectivity index (χ3v) is 6.14. The minimum absolute atomic E-state index is 0.0538. The van der Waals surface area contributed by atoms with Gasteiger partial charge in [0.2, 0.25) is 11.7 Å². The average molecular weight is 391 g/mol. The lowest BCUT2D eigenvalue weighted by Gasteiger charge is -2.16. The molecule has 0 spiro atoms. The van der Waals surface area contributed by atoms with Crippen molar-refractivity contribution >= 4 is 16.6 Å². The van der Waals surface area contributed by atoms with Gasteiger partial charge in [-0.3, -0.25) is 9.20 Å². The molecule has 3 atom stereocenters. The second kappa shape index (κ2) is 6.25. The molecule has 0 bridgehead atoms. The number of benzene rings is 1. The smallest absolute Gasteiger partial charge is 0.277 e. The van der Waals surface area contributed by atoms with E-state index < -0.39 is 0 Å². The number of nitrogens with zero attached hydrogens (tertiary/aromatic N) is 5. The van der Waals surface area contributed by atoms with Crippen LogP contribution in [0.25, 0.3) is 28.1 Å². The molecular weight excluding hydrogens is 370 g/mol. The van der Waals surface area contributed by atoms with E-state index in [9.17, 15) is 4.79 Å². The van der Waals surface area contributed by atoms with E-state index in [1.807, 2.05) is 28.7 Å². The standard InChI is InChI=1S/C21H21N5O3/c1-12-9-14(12)20-23-19(24-29-20)17-18-21(27)25(10-13-5-4-8-28-13)15-6-2-3-7-16(15)26(18)11-22-17/h2-3,6-7,11-14H,4-5,8-10H2,1H3. The molecule has 1 aliphatic carbocycles. The third kappa shape index (κ3) is 2.62. The maximum atomic E-state index is 13.6. The molecule has 0 N–H and O–H groups in total. The van der Waals surface area contributed by atoms with Crippen LogP contribution in [0, 0.1) is 5.92 Å². The predicted molar refractivity (Wildman–Crippen MR) is 106 cm³/mol. The lowest BCUT2D eigenvalue weighted by atomic mass is 10.2. The van der Waals surface area contributed by atoms with Crippen molar-refractivity contribution in [3.8, 4) is 11.5 Å². The minimum Gasteiger partial charge on any atom is -0.376 e. The van der Waals surface area contributed by atoms with Crippen LogP contribution >= 0.6 is 0 Å². The maximum Gasteiger partial charge on any atom is 0.277 e. The maximum absolute atomic E-state index is 13.6. The van der Waals surface area contributed by atoms with Crippen LogP contribution < -0.4 is 5.56 Å². The van der Waals surface area contributed by atoms with E-state index in [1.165, 1.54) is 0 Å². The van der Waals surface area contributed by atoms with E-state index in [4.69, 9.17) is 9.26 Å². The molecule has 0 amide bonds. The summed E-state index contributed by atoms with van der Waals surface area (Å²) in [6.45, 7) is 3.44. The first kappa shape index (κ1) is 16.9. The molecule has 3 unspecified atom stereocenters. The van der Waals surface area contributed by atoms with Gasteiger partial charge in [0.15, 0.2) is 0 Å². The Hall–Kier alpha value is -3.00. The van der Waals surface area contributed by atoms with E-state index in [0.717, 1.165) is 36.9 Å². The second-order valence-corrected chi connectivity index (χ2v) is 8.13. The monoisotopic (exact) mass is 391 g/mol. The first-order valence-corrected chi connectivity index (χ1v) is 10.1. The molecule has 8 nitrogen and oxygen atoms in total. The number of fused-ring (bicyclic) bond motifs is 3. The Kier molecular flexibility index (Phi) is 3.64. The third-order valence-electron chi connectivity index (χ3n) is 6.14. The lowest BCUT2D eigenvalue weighted by Crippen LogP contribution is -2.28. The van der Waals surface area contributed by atoms with Crippen LogP contribution in [0.3, 0.4) is 0 Å². The van der Waals surface area contributed by atoms with Crippen molar-refractivity contribution < 1.29 is 9.26 Å². The summed E-state index contributed by atoms with van der Waals surface area (Å²) in [6.07, 6.45) is 4.78. The summed E-state index contributed by atoms with van der Waals surface area (Å²) in [5.41, 5.74) is 2.60. The van der Waals surface area contributed by atoms with Gasteiger partial charge in [-0.05, 0) is 37.3 Å². The highest BCUT2D eigenvalue weighted by Gasteiger charge is 2.39. The van der Waals surface area contributed by atoms with E-state index >= 15 is 0 Å². The Bertz CT molecular complexity index is 1280. The number of ether oxygens (including phenoxy) is 1. The molecule has 0 radical (unpaired) electrons. The molecule has 148 valence electrons. The van der Waals surface area contributed by atoms with Crippen LogP contribution in [0.15, 0.2) is 39.9 Å². The van der Waals surface area contributed by atoms with Crippen molar-refractivity contribution in [3.05, 3.63) is 46.8 Å². The Labute approximate surface area is 166 Å². The fraction of sp³-hybridized carbons (Fsp3) is 0.429. The highest BCUT2D eigenvalue weighted by atomic mass is 16.5. The van der Waals surface area contributed by atoms with E-state index in [0.29, 0.717) is 41.3 Å². The quantitative estimate of drug-likeness (QED) is 0.531. The topological polar surface area (TPSA) is 87.5 Å². The molecule has 1 aliphatic heterocycles. The van der Waals surface area contributed by atoms with E-state index in [-0.39, 0.29) is 11.7 Å². The van der Waals surface area contributed by atoms with Crippen molar-refractivity contribution in [2.45, 2.75) is 44.8 Å². The van der Waals surface area contributed by atoms with E-state index in [2.05, 4.69) is 22.0 Å². The first-order chi connectivity index (χ1) is 14.2. The Morgan fingerprint density at radius 2 is 2.07 bits per heavy atom. The fourth-order valence-electron chi connectivity index (χ4n) is 4.35. The van der Waals surface area contributed by atoms with Gasteiger partial charge in [0.1, 0.15) is 17.5 Å². The van der Waals surface area contributed by atoms with Crippen molar-refractivity contribution in [2.75, 3.05) is 6.61 Å². The number of imidazole rings is 1. The van der Waals surface area contributed by atoms with Gasteiger partial charge in [-0.25, -0.2) is 4.98 Å². The molecule has 4 aromatic rings. The lowest BCUT2D eigenvalue weighted by molar-refractivity contribution is 0.0973. The molecule has 8 heteroatoms. The second-order valence-electron chi connectivity index (χ2n) is 8.13. The highest BCUT2D eigenvalue weighted by Crippen LogP contribution is 2.46. The van der Waals surface area contributed by atoms with Gasteiger partial charge >= 0.3 is 0 Å². The highest BCUT2D eigenvalue weighted by molar-refractivity contribution is 5.83. The first-order valence-electron chi connectivity index (χ1n) is 10.1. The molecular formula is C21H21N5O3. The van der Waals surface area contributed by atoms with Crippen LogP contribution in [0.1, 0.15) is 38.0 Å². The summed E-state index contributed by atoms with van der Waals surface area (Å²) in [6, 6.07) is 7.86. The molecule has 4 heterocycles. The van der Waals surface area contributed by atoms with Gasteiger partial charge in [0.25, 0.3) is 5.56 Å². The number of hydrogen-bond acceptors (Lipinski definition) is 6. The predicted octanol–water partition coefficient (Wildman–Crippen LogP) is 3.00. The largest absolute Gasteiger partial charge is 0.376 e. The molecule has 1 aromatic carbocycles. The zero-order chi connectivity index (χ0) is 19.5. The summed E-state index contributed by atoms with van der Waals surface area (Å²) in [4.78, 5) is 22.6. The Morgan fingerprint density at radius 3 is 2.83 bits per heavy atom. The summed E-state index contributed by atoms with van der Waals surface area (Å²) in [7, 11) is 0. The van der Waals surface area contributed by atoms with Crippen molar-refractivity contribution in [1.82, 2.24) is 24.1 Å². The van der Waals surface area contributed by atoms with Gasteiger partial charge in [-0.2, -0.15) is 4.98 Å². The molecule has 6 rings (SSSR count). The average Bonchev–Trinajstić information content (AvgIpc) is 3.21. The number of para-hydroxylation sites is 2. The molecule has 1 saturated heterocycles. The number of rotatable bonds is 4. The summed E-state index contributed by atoms with van der Waals surface area (Å²) in [5, 5.41) is 4.12. The zero-order valence-electron chi connectivity index (χ0n) is 16.1.